The molecule has 1 amide bonds. The van der Waals surface area contributed by atoms with Gasteiger partial charge in [0.15, 0.2) is 5.75 Å². The number of nitrogen functional groups attached to an aromatic ring is 1. The number of nitrogens with one attached hydrogen (secondary N) is 1. The summed E-state index contributed by atoms with van der Waals surface area (Å²) in [5.41, 5.74) is 8.23. The molecule has 2 unspecified atom stereocenters. The molecule has 0 saturated carbocycles. The predicted molar refractivity (Wildman–Crippen MR) is 153 cm³/mol. The van der Waals surface area contributed by atoms with Crippen molar-refractivity contribution in [2.24, 2.45) is 15.9 Å². The first-order valence-corrected chi connectivity index (χ1v) is 13.6. The highest BCUT2D eigenvalue weighted by molar-refractivity contribution is 5.91. The first-order valence-electron chi connectivity index (χ1n) is 13.6. The summed E-state index contributed by atoms with van der Waals surface area (Å²) in [5, 5.41) is 3.13. The van der Waals surface area contributed by atoms with Gasteiger partial charge in [0, 0.05) is 38.4 Å². The summed E-state index contributed by atoms with van der Waals surface area (Å²) in [4.78, 5) is 32.4. The number of hydrogen-bond acceptors (Lipinski definition) is 8. The van der Waals surface area contributed by atoms with Crippen LogP contribution in [0, 0.1) is 5.92 Å². The minimum Gasteiger partial charge on any atom is -0.491 e. The third-order valence-electron chi connectivity index (χ3n) is 6.71. The van der Waals surface area contributed by atoms with Crippen molar-refractivity contribution in [3.05, 3.63) is 23.9 Å². The number of ether oxygens (including phenoxy) is 2. The number of piperidine rings is 1. The van der Waals surface area contributed by atoms with Gasteiger partial charge in [0.05, 0.1) is 24.4 Å². The Bertz CT molecular complexity index is 1110. The lowest BCUT2D eigenvalue weighted by Crippen LogP contribution is -2.48. The van der Waals surface area contributed by atoms with Crippen molar-refractivity contribution >= 4 is 34.8 Å². The van der Waals surface area contributed by atoms with Gasteiger partial charge in [-0.25, -0.2) is 9.98 Å². The highest BCUT2D eigenvalue weighted by atomic mass is 16.5. The lowest BCUT2D eigenvalue weighted by molar-refractivity contribution is -0.127. The van der Waals surface area contributed by atoms with Gasteiger partial charge >= 0.3 is 0 Å². The van der Waals surface area contributed by atoms with Crippen LogP contribution in [0.1, 0.15) is 51.5 Å². The van der Waals surface area contributed by atoms with Crippen LogP contribution in [-0.4, -0.2) is 85.9 Å². The number of benzene rings is 1. The van der Waals surface area contributed by atoms with Gasteiger partial charge in [-0.2, -0.15) is 0 Å². The molecule has 1 aromatic heterocycles. The third-order valence-corrected chi connectivity index (χ3v) is 6.71. The van der Waals surface area contributed by atoms with Crippen molar-refractivity contribution in [2.45, 2.75) is 58.4 Å². The summed E-state index contributed by atoms with van der Waals surface area (Å²) < 4.78 is 11.8. The molecule has 10 nitrogen and oxygen atoms in total. The lowest BCUT2D eigenvalue weighted by atomic mass is 10.0. The number of aliphatic imine (C=N–C) groups is 2. The van der Waals surface area contributed by atoms with Crippen molar-refractivity contribution in [3.63, 3.8) is 0 Å². The highest BCUT2D eigenvalue weighted by Gasteiger charge is 2.25. The number of rotatable bonds is 13. The second-order valence-corrected chi connectivity index (χ2v) is 9.90. The van der Waals surface area contributed by atoms with E-state index in [9.17, 15) is 4.79 Å². The minimum absolute atomic E-state index is 0.0207. The van der Waals surface area contributed by atoms with Gasteiger partial charge in [-0.1, -0.05) is 26.3 Å². The topological polar surface area (TPSA) is 127 Å². The molecule has 3 rings (SSSR count). The fourth-order valence-corrected chi connectivity index (χ4v) is 4.41. The molecular formula is C28H43N7O3. The van der Waals surface area contributed by atoms with Crippen LogP contribution in [0.3, 0.4) is 0 Å². The number of carbonyl (C=O) groups excluding carboxylic acids is 1. The number of carbonyl (C=O) groups is 1. The Morgan fingerprint density at radius 2 is 2.18 bits per heavy atom. The normalized spacial score (nSPS) is 17.7. The fourth-order valence-electron chi connectivity index (χ4n) is 4.41. The number of amides is 1. The van der Waals surface area contributed by atoms with E-state index in [0.29, 0.717) is 55.7 Å². The summed E-state index contributed by atoms with van der Waals surface area (Å²) in [5.74, 6) is 2.02. The number of likely N-dealkylation sites (tertiary alicyclic amines) is 1. The van der Waals surface area contributed by atoms with Gasteiger partial charge in [0.2, 0.25) is 5.91 Å². The Kier molecular flexibility index (Phi) is 11.9. The summed E-state index contributed by atoms with van der Waals surface area (Å²) in [6.07, 6.45) is 8.81. The van der Waals surface area contributed by atoms with Crippen LogP contribution in [0.25, 0.3) is 11.0 Å². The number of amidine groups is 1. The predicted octanol–water partition coefficient (Wildman–Crippen LogP) is 3.29. The fraction of sp³-hybridized carbons (Fsp3) is 0.607. The number of hydrogen-bond donors (Lipinski definition) is 2. The van der Waals surface area contributed by atoms with Crippen LogP contribution < -0.4 is 15.8 Å². The maximum atomic E-state index is 12.6. The van der Waals surface area contributed by atoms with Gasteiger partial charge in [0.1, 0.15) is 23.8 Å². The molecule has 1 aliphatic heterocycles. The minimum atomic E-state index is -0.0207. The Morgan fingerprint density at radius 3 is 2.95 bits per heavy atom. The molecule has 0 radical (unpaired) electrons. The maximum absolute atomic E-state index is 12.6. The Labute approximate surface area is 226 Å². The molecule has 2 heterocycles. The molecule has 1 aromatic carbocycles. The van der Waals surface area contributed by atoms with E-state index in [-0.39, 0.29) is 17.9 Å². The molecule has 38 heavy (non-hydrogen) atoms. The average Bonchev–Trinajstić information content (AvgIpc) is 2.92. The van der Waals surface area contributed by atoms with Crippen molar-refractivity contribution in [2.75, 3.05) is 52.7 Å². The zero-order valence-electron chi connectivity index (χ0n) is 23.3. The Morgan fingerprint density at radius 1 is 1.34 bits per heavy atom. The summed E-state index contributed by atoms with van der Waals surface area (Å²) in [6.45, 7) is 7.32. The number of fused-ring (bicyclic) bond motifs is 1. The van der Waals surface area contributed by atoms with E-state index in [1.165, 1.54) is 0 Å². The highest BCUT2D eigenvalue weighted by Crippen LogP contribution is 2.29. The van der Waals surface area contributed by atoms with Gasteiger partial charge in [0.25, 0.3) is 0 Å². The number of likely N-dealkylation sites (N-methyl/N-ethyl adjacent to an activating group) is 1. The van der Waals surface area contributed by atoms with Crippen molar-refractivity contribution in [1.29, 1.82) is 0 Å². The number of anilines is 1. The van der Waals surface area contributed by atoms with Gasteiger partial charge < -0.3 is 20.5 Å². The van der Waals surface area contributed by atoms with E-state index in [1.54, 1.807) is 13.2 Å². The molecule has 208 valence electrons. The molecular weight excluding hydrogens is 482 g/mol. The monoisotopic (exact) mass is 525 g/mol. The number of aromatic nitrogens is 2. The second kappa shape index (κ2) is 15.3. The molecule has 10 heteroatoms. The van der Waals surface area contributed by atoms with Crippen LogP contribution in [0.5, 0.6) is 5.75 Å². The second-order valence-electron chi connectivity index (χ2n) is 9.90. The van der Waals surface area contributed by atoms with Crippen LogP contribution in [0.4, 0.5) is 5.82 Å². The van der Waals surface area contributed by atoms with E-state index in [0.717, 1.165) is 49.7 Å². The largest absolute Gasteiger partial charge is 0.491 e. The SMILES string of the molecule is CCCOCC(/N=C\Cc1ccc2ncc(N)nc2c1OCCC(C)CNC(=O)C1CCCCN1C)=N/C. The van der Waals surface area contributed by atoms with E-state index in [1.807, 2.05) is 25.4 Å². The molecule has 1 fully saturated rings. The first kappa shape index (κ1) is 29.4. The summed E-state index contributed by atoms with van der Waals surface area (Å²) >= 11 is 0. The standard InChI is InChI=1S/C28H43N7O3/c1-5-15-37-19-25(30-3)31-13-11-21-9-10-22-26(34-24(29)18-32-22)27(21)38-16-12-20(2)17-33-28(36)23-8-6-7-14-35(23)4/h9-10,13,18,20,23H,5-8,11-12,14-17,19H2,1-4H3,(H2,29,34)(H,33,36)/b30-25-,31-13-. The molecule has 0 aliphatic carbocycles. The molecule has 3 N–H and O–H groups in total. The van der Waals surface area contributed by atoms with E-state index < -0.39 is 0 Å². The first-order chi connectivity index (χ1) is 18.4. The molecule has 0 spiro atoms. The van der Waals surface area contributed by atoms with E-state index in [2.05, 4.69) is 44.0 Å². The van der Waals surface area contributed by atoms with Crippen molar-refractivity contribution in [3.8, 4) is 5.75 Å². The van der Waals surface area contributed by atoms with E-state index >= 15 is 0 Å². The van der Waals surface area contributed by atoms with Crippen molar-refractivity contribution < 1.29 is 14.3 Å². The summed E-state index contributed by atoms with van der Waals surface area (Å²) in [7, 11) is 3.74. The quantitative estimate of drug-likeness (QED) is 0.233. The number of nitrogens with two attached hydrogens (primary N) is 1. The molecule has 2 aromatic rings. The lowest BCUT2D eigenvalue weighted by Gasteiger charge is -2.31. The Hall–Kier alpha value is -3.11. The van der Waals surface area contributed by atoms with Crippen LogP contribution >= 0.6 is 0 Å². The third kappa shape index (κ3) is 8.73. The van der Waals surface area contributed by atoms with Gasteiger partial charge in [-0.15, -0.1) is 0 Å². The smallest absolute Gasteiger partial charge is 0.237 e. The molecule has 1 aliphatic rings. The molecule has 1 saturated heterocycles. The van der Waals surface area contributed by atoms with Crippen molar-refractivity contribution in [1.82, 2.24) is 20.2 Å². The average molecular weight is 526 g/mol. The zero-order chi connectivity index (χ0) is 27.3. The molecule has 0 bridgehead atoms. The van der Waals surface area contributed by atoms with E-state index in [4.69, 9.17) is 15.2 Å². The maximum Gasteiger partial charge on any atom is 0.237 e. The van der Waals surface area contributed by atoms with Crippen LogP contribution in [-0.2, 0) is 16.0 Å². The van der Waals surface area contributed by atoms with Crippen LogP contribution in [0.15, 0.2) is 28.3 Å². The van der Waals surface area contributed by atoms with Gasteiger partial charge in [-0.3, -0.25) is 19.7 Å². The van der Waals surface area contributed by atoms with Crippen LogP contribution in [0.2, 0.25) is 0 Å². The Balaban J connectivity index is 1.61. The van der Waals surface area contributed by atoms with Gasteiger partial charge in [-0.05, 0) is 51.3 Å². The zero-order valence-corrected chi connectivity index (χ0v) is 23.3. The molecule has 2 atom stereocenters. The summed E-state index contributed by atoms with van der Waals surface area (Å²) in [6, 6.07) is 3.87. The number of nitrogens with zero attached hydrogens (tertiary/aromatic N) is 5.